The van der Waals surface area contributed by atoms with Crippen LogP contribution in [0.1, 0.15) is 28.8 Å². The van der Waals surface area contributed by atoms with Gasteiger partial charge < -0.3 is 10.2 Å². The lowest BCUT2D eigenvalue weighted by Crippen LogP contribution is -2.27. The molecule has 0 bridgehead atoms. The van der Waals surface area contributed by atoms with Gasteiger partial charge in [0.05, 0.1) is 11.3 Å². The predicted octanol–water partition coefficient (Wildman–Crippen LogP) is 3.92. The molecule has 0 atom stereocenters. The summed E-state index contributed by atoms with van der Waals surface area (Å²) in [5, 5.41) is 2.80. The molecular formula is C19H21ClN2O2. The van der Waals surface area contributed by atoms with Gasteiger partial charge in [-0.1, -0.05) is 42.5 Å². The van der Waals surface area contributed by atoms with E-state index in [9.17, 15) is 9.59 Å². The average molecular weight is 345 g/mol. The van der Waals surface area contributed by atoms with E-state index >= 15 is 0 Å². The van der Waals surface area contributed by atoms with Crippen molar-refractivity contribution in [1.29, 1.82) is 0 Å². The highest BCUT2D eigenvalue weighted by Gasteiger charge is 2.17. The lowest BCUT2D eigenvalue weighted by molar-refractivity contribution is -0.116. The van der Waals surface area contributed by atoms with E-state index < -0.39 is 0 Å². The van der Waals surface area contributed by atoms with E-state index in [-0.39, 0.29) is 11.8 Å². The number of alkyl halides is 1. The molecule has 0 aromatic heterocycles. The zero-order valence-corrected chi connectivity index (χ0v) is 14.4. The Morgan fingerprint density at radius 2 is 1.71 bits per heavy atom. The second-order valence-corrected chi connectivity index (χ2v) is 5.91. The summed E-state index contributed by atoms with van der Waals surface area (Å²) in [5.41, 5.74) is 2.06. The van der Waals surface area contributed by atoms with Crippen LogP contribution in [0, 0.1) is 0 Å². The van der Waals surface area contributed by atoms with Crippen molar-refractivity contribution in [3.8, 4) is 0 Å². The molecule has 2 amide bonds. The molecule has 0 saturated heterocycles. The maximum absolute atomic E-state index is 12.7. The zero-order valence-electron chi connectivity index (χ0n) is 13.7. The molecule has 0 aliphatic heterocycles. The monoisotopic (exact) mass is 344 g/mol. The van der Waals surface area contributed by atoms with Crippen LogP contribution in [-0.2, 0) is 11.3 Å². The molecule has 2 aromatic carbocycles. The molecule has 0 radical (unpaired) electrons. The summed E-state index contributed by atoms with van der Waals surface area (Å²) < 4.78 is 0. The molecule has 2 aromatic rings. The number of para-hydroxylation sites is 1. The highest BCUT2D eigenvalue weighted by Crippen LogP contribution is 2.18. The molecule has 2 rings (SSSR count). The van der Waals surface area contributed by atoms with Crippen molar-refractivity contribution in [3.63, 3.8) is 0 Å². The second-order valence-electron chi connectivity index (χ2n) is 5.53. The van der Waals surface area contributed by atoms with Crippen LogP contribution >= 0.6 is 11.6 Å². The minimum absolute atomic E-state index is 0.132. The summed E-state index contributed by atoms with van der Waals surface area (Å²) in [4.78, 5) is 26.3. The van der Waals surface area contributed by atoms with Crippen LogP contribution in [0.25, 0.3) is 0 Å². The fourth-order valence-electron chi connectivity index (χ4n) is 2.35. The first-order valence-electron chi connectivity index (χ1n) is 7.86. The van der Waals surface area contributed by atoms with Gasteiger partial charge in [-0.3, -0.25) is 9.59 Å². The van der Waals surface area contributed by atoms with Crippen LogP contribution in [-0.4, -0.2) is 29.6 Å². The number of hydrogen-bond acceptors (Lipinski definition) is 2. The van der Waals surface area contributed by atoms with Crippen molar-refractivity contribution in [2.45, 2.75) is 19.4 Å². The van der Waals surface area contributed by atoms with Crippen molar-refractivity contribution in [2.75, 3.05) is 18.2 Å². The van der Waals surface area contributed by atoms with E-state index in [1.165, 1.54) is 0 Å². The van der Waals surface area contributed by atoms with Gasteiger partial charge in [0.1, 0.15) is 0 Å². The van der Waals surface area contributed by atoms with Gasteiger partial charge >= 0.3 is 0 Å². The number of carbonyl (C=O) groups is 2. The third-order valence-electron chi connectivity index (χ3n) is 3.58. The maximum Gasteiger partial charge on any atom is 0.256 e. The molecule has 0 aliphatic rings. The van der Waals surface area contributed by atoms with E-state index in [0.29, 0.717) is 36.5 Å². The Bertz CT molecular complexity index is 689. The van der Waals surface area contributed by atoms with E-state index in [1.807, 2.05) is 30.3 Å². The van der Waals surface area contributed by atoms with Gasteiger partial charge in [-0.25, -0.2) is 0 Å². The molecule has 126 valence electrons. The first kappa shape index (κ1) is 18.0. The Morgan fingerprint density at radius 3 is 2.42 bits per heavy atom. The first-order chi connectivity index (χ1) is 11.6. The molecule has 0 fully saturated rings. The summed E-state index contributed by atoms with van der Waals surface area (Å²) in [5.74, 6) is 0.169. The van der Waals surface area contributed by atoms with E-state index in [4.69, 9.17) is 11.6 Å². The van der Waals surface area contributed by atoms with Gasteiger partial charge in [-0.05, 0) is 24.1 Å². The largest absolute Gasteiger partial charge is 0.337 e. The number of rotatable bonds is 7. The molecule has 4 nitrogen and oxygen atoms in total. The van der Waals surface area contributed by atoms with Crippen LogP contribution in [0.4, 0.5) is 5.69 Å². The number of halogens is 1. The van der Waals surface area contributed by atoms with Crippen molar-refractivity contribution in [1.82, 2.24) is 4.90 Å². The van der Waals surface area contributed by atoms with E-state index in [0.717, 1.165) is 5.56 Å². The molecule has 0 heterocycles. The topological polar surface area (TPSA) is 49.4 Å². The van der Waals surface area contributed by atoms with E-state index in [1.54, 1.807) is 36.2 Å². The summed E-state index contributed by atoms with van der Waals surface area (Å²) in [6.45, 7) is 0.508. The quantitative estimate of drug-likeness (QED) is 0.774. The number of carbonyl (C=O) groups excluding carboxylic acids is 2. The first-order valence-corrected chi connectivity index (χ1v) is 8.39. The zero-order chi connectivity index (χ0) is 17.4. The van der Waals surface area contributed by atoms with Gasteiger partial charge in [0.25, 0.3) is 5.91 Å². The molecule has 1 N–H and O–H groups in total. The Labute approximate surface area is 147 Å². The summed E-state index contributed by atoms with van der Waals surface area (Å²) in [6.07, 6.45) is 0.948. The highest BCUT2D eigenvalue weighted by molar-refractivity contribution is 6.18. The van der Waals surface area contributed by atoms with Crippen molar-refractivity contribution < 1.29 is 9.59 Å². The molecule has 0 spiro atoms. The van der Waals surface area contributed by atoms with Crippen molar-refractivity contribution >= 4 is 29.1 Å². The summed E-state index contributed by atoms with van der Waals surface area (Å²) in [7, 11) is 1.75. The van der Waals surface area contributed by atoms with Gasteiger partial charge in [0.15, 0.2) is 0 Å². The Kier molecular flexibility index (Phi) is 6.82. The standard InChI is InChI=1S/C19H21ClN2O2/c1-22(14-15-8-3-2-4-9-15)19(24)16-10-5-6-11-17(16)21-18(23)12-7-13-20/h2-6,8-11H,7,12-14H2,1H3,(H,21,23). The molecular weight excluding hydrogens is 324 g/mol. The number of hydrogen-bond donors (Lipinski definition) is 1. The molecule has 5 heteroatoms. The van der Waals surface area contributed by atoms with E-state index in [2.05, 4.69) is 5.32 Å². The van der Waals surface area contributed by atoms with Gasteiger partial charge in [-0.2, -0.15) is 0 Å². The third kappa shape index (κ3) is 5.10. The highest BCUT2D eigenvalue weighted by atomic mass is 35.5. The maximum atomic E-state index is 12.7. The molecule has 0 unspecified atom stereocenters. The van der Waals surface area contributed by atoms with Crippen LogP contribution in [0.5, 0.6) is 0 Å². The van der Waals surface area contributed by atoms with Crippen LogP contribution in [0.3, 0.4) is 0 Å². The van der Waals surface area contributed by atoms with Gasteiger partial charge in [0, 0.05) is 25.9 Å². The fraction of sp³-hybridized carbons (Fsp3) is 0.263. The predicted molar refractivity (Wildman–Crippen MR) is 97.3 cm³/mol. The van der Waals surface area contributed by atoms with Crippen LogP contribution in [0.2, 0.25) is 0 Å². The number of amides is 2. The lowest BCUT2D eigenvalue weighted by Gasteiger charge is -2.19. The van der Waals surface area contributed by atoms with Crippen molar-refractivity contribution in [2.24, 2.45) is 0 Å². The molecule has 24 heavy (non-hydrogen) atoms. The fourth-order valence-corrected chi connectivity index (χ4v) is 2.49. The van der Waals surface area contributed by atoms with Crippen LogP contribution in [0.15, 0.2) is 54.6 Å². The second kappa shape index (κ2) is 9.08. The Hall–Kier alpha value is -2.33. The SMILES string of the molecule is CN(Cc1ccccc1)C(=O)c1ccccc1NC(=O)CCCCl. The Balaban J connectivity index is 2.10. The van der Waals surface area contributed by atoms with Crippen LogP contribution < -0.4 is 5.32 Å². The normalized spacial score (nSPS) is 10.2. The lowest BCUT2D eigenvalue weighted by atomic mass is 10.1. The number of anilines is 1. The number of nitrogens with zero attached hydrogens (tertiary/aromatic N) is 1. The molecule has 0 saturated carbocycles. The number of nitrogens with one attached hydrogen (secondary N) is 1. The third-order valence-corrected chi connectivity index (χ3v) is 3.85. The van der Waals surface area contributed by atoms with Gasteiger partial charge in [0.2, 0.25) is 5.91 Å². The Morgan fingerprint density at radius 1 is 1.04 bits per heavy atom. The minimum Gasteiger partial charge on any atom is -0.337 e. The molecule has 0 aliphatic carbocycles. The van der Waals surface area contributed by atoms with Gasteiger partial charge in [-0.15, -0.1) is 11.6 Å². The minimum atomic E-state index is -0.137. The summed E-state index contributed by atoms with van der Waals surface area (Å²) in [6, 6.07) is 16.8. The average Bonchev–Trinajstić information content (AvgIpc) is 2.60. The van der Waals surface area contributed by atoms with Crippen molar-refractivity contribution in [3.05, 3.63) is 65.7 Å². The smallest absolute Gasteiger partial charge is 0.256 e. The number of benzene rings is 2. The summed E-state index contributed by atoms with van der Waals surface area (Å²) >= 11 is 5.61.